The zero-order chi connectivity index (χ0) is 16.9. The lowest BCUT2D eigenvalue weighted by atomic mass is 10.1. The van der Waals surface area contributed by atoms with Gasteiger partial charge in [0.05, 0.1) is 12.6 Å². The van der Waals surface area contributed by atoms with Crippen LogP contribution < -0.4 is 16.0 Å². The van der Waals surface area contributed by atoms with Gasteiger partial charge in [0.15, 0.2) is 0 Å². The van der Waals surface area contributed by atoms with Crippen molar-refractivity contribution in [3.05, 3.63) is 35.9 Å². The molecule has 2 rings (SSSR count). The molecule has 1 aliphatic heterocycles. The summed E-state index contributed by atoms with van der Waals surface area (Å²) in [6.07, 6.45) is -5.04. The van der Waals surface area contributed by atoms with Gasteiger partial charge in [-0.05, 0) is 5.56 Å². The first-order valence-electron chi connectivity index (χ1n) is 7.38. The number of carbonyl (C=O) groups is 1. The van der Waals surface area contributed by atoms with Crippen molar-refractivity contribution in [3.63, 3.8) is 0 Å². The molecule has 0 saturated carbocycles. The van der Waals surface area contributed by atoms with Gasteiger partial charge in [-0.3, -0.25) is 10.1 Å². The summed E-state index contributed by atoms with van der Waals surface area (Å²) >= 11 is 0. The molecule has 0 radical (unpaired) electrons. The van der Waals surface area contributed by atoms with Crippen molar-refractivity contribution >= 4 is 5.91 Å². The van der Waals surface area contributed by atoms with E-state index in [1.807, 2.05) is 0 Å². The number of benzene rings is 1. The quantitative estimate of drug-likeness (QED) is 0.615. The maximum absolute atomic E-state index is 13.1. The highest BCUT2D eigenvalue weighted by Gasteiger charge is 2.40. The third-order valence-corrected chi connectivity index (χ3v) is 3.79. The molecular formula is C15H20F3N3O2. The Bertz CT molecular complexity index is 510. The van der Waals surface area contributed by atoms with Gasteiger partial charge >= 0.3 is 6.18 Å². The molecule has 1 heterocycles. The maximum atomic E-state index is 13.1. The smallest absolute Gasteiger partial charge is 0.391 e. The standard InChI is InChI=1S/C15H20F3N3O2/c16-15(17,18)14(10-4-2-1-3-5-10)21-9-13(23)20-7-11-6-19-8-12(11)22/h1-5,11-12,14,19,21-22H,6-9H2,(H,20,23). The summed E-state index contributed by atoms with van der Waals surface area (Å²) in [6, 6.07) is 5.50. The van der Waals surface area contributed by atoms with Crippen LogP contribution in [0.5, 0.6) is 0 Å². The minimum atomic E-state index is -4.49. The SMILES string of the molecule is O=C(CNC(c1ccccc1)C(F)(F)F)NCC1CNCC1O. The molecule has 1 aromatic carbocycles. The van der Waals surface area contributed by atoms with Crippen molar-refractivity contribution in [3.8, 4) is 0 Å². The second-order valence-electron chi connectivity index (χ2n) is 5.56. The van der Waals surface area contributed by atoms with E-state index in [1.165, 1.54) is 24.3 Å². The predicted octanol–water partition coefficient (Wildman–Crippen LogP) is 0.576. The Morgan fingerprint density at radius 1 is 1.30 bits per heavy atom. The number of aliphatic hydroxyl groups is 1. The average molecular weight is 331 g/mol. The normalized spacial score (nSPS) is 22.8. The summed E-state index contributed by atoms with van der Waals surface area (Å²) in [5, 5.41) is 17.4. The van der Waals surface area contributed by atoms with Gasteiger partial charge in [0.2, 0.25) is 5.91 Å². The van der Waals surface area contributed by atoms with E-state index in [-0.39, 0.29) is 18.0 Å². The molecule has 0 aliphatic carbocycles. The Kier molecular flexibility index (Phi) is 5.97. The number of hydrogen-bond acceptors (Lipinski definition) is 4. The number of aliphatic hydroxyl groups excluding tert-OH is 1. The van der Waals surface area contributed by atoms with E-state index in [9.17, 15) is 23.1 Å². The average Bonchev–Trinajstić information content (AvgIpc) is 2.90. The van der Waals surface area contributed by atoms with Crippen molar-refractivity contribution in [1.82, 2.24) is 16.0 Å². The van der Waals surface area contributed by atoms with Gasteiger partial charge < -0.3 is 15.7 Å². The van der Waals surface area contributed by atoms with Crippen LogP contribution in [0.3, 0.4) is 0 Å². The molecule has 23 heavy (non-hydrogen) atoms. The van der Waals surface area contributed by atoms with Crippen LogP contribution in [0.1, 0.15) is 11.6 Å². The highest BCUT2D eigenvalue weighted by atomic mass is 19.4. The van der Waals surface area contributed by atoms with Crippen LogP contribution >= 0.6 is 0 Å². The molecule has 128 valence electrons. The zero-order valence-electron chi connectivity index (χ0n) is 12.4. The maximum Gasteiger partial charge on any atom is 0.407 e. The summed E-state index contributed by atoms with van der Waals surface area (Å²) in [4.78, 5) is 11.7. The Morgan fingerprint density at radius 2 is 2.00 bits per heavy atom. The van der Waals surface area contributed by atoms with Crippen LogP contribution in [0.2, 0.25) is 0 Å². The molecular weight excluding hydrogens is 311 g/mol. The van der Waals surface area contributed by atoms with E-state index < -0.39 is 30.8 Å². The number of hydrogen-bond donors (Lipinski definition) is 4. The van der Waals surface area contributed by atoms with Crippen molar-refractivity contribution in [2.45, 2.75) is 18.3 Å². The third kappa shape index (κ3) is 5.19. The fraction of sp³-hybridized carbons (Fsp3) is 0.533. The molecule has 3 atom stereocenters. The van der Waals surface area contributed by atoms with E-state index >= 15 is 0 Å². The number of carbonyl (C=O) groups excluding carboxylic acids is 1. The van der Waals surface area contributed by atoms with Crippen LogP contribution in [0.4, 0.5) is 13.2 Å². The Hall–Kier alpha value is -1.64. The molecule has 4 N–H and O–H groups in total. The highest BCUT2D eigenvalue weighted by molar-refractivity contribution is 5.78. The number of nitrogens with one attached hydrogen (secondary N) is 3. The predicted molar refractivity (Wildman–Crippen MR) is 78.6 cm³/mol. The molecule has 1 aromatic rings. The third-order valence-electron chi connectivity index (χ3n) is 3.79. The summed E-state index contributed by atoms with van der Waals surface area (Å²) in [7, 11) is 0. The summed E-state index contributed by atoms with van der Waals surface area (Å²) in [6.45, 7) is 0.818. The van der Waals surface area contributed by atoms with Gasteiger partial charge in [0.1, 0.15) is 6.04 Å². The Balaban J connectivity index is 1.85. The second kappa shape index (κ2) is 7.76. The van der Waals surface area contributed by atoms with Crippen LogP contribution in [0, 0.1) is 5.92 Å². The molecule has 5 nitrogen and oxygen atoms in total. The molecule has 0 bridgehead atoms. The van der Waals surface area contributed by atoms with Crippen LogP contribution in [0.25, 0.3) is 0 Å². The molecule has 1 saturated heterocycles. The molecule has 1 aliphatic rings. The number of β-amino-alcohol motifs (C(OH)–C–C–N with tert-alkyl or cyclic N) is 1. The Morgan fingerprint density at radius 3 is 2.57 bits per heavy atom. The van der Waals surface area contributed by atoms with Crippen molar-refractivity contribution in [2.24, 2.45) is 5.92 Å². The monoisotopic (exact) mass is 331 g/mol. The number of halogens is 3. The van der Waals surface area contributed by atoms with E-state index in [0.717, 1.165) is 0 Å². The van der Waals surface area contributed by atoms with Crippen LogP contribution in [-0.2, 0) is 4.79 Å². The van der Waals surface area contributed by atoms with Crippen molar-refractivity contribution < 1.29 is 23.1 Å². The summed E-state index contributed by atoms with van der Waals surface area (Å²) < 4.78 is 39.3. The summed E-state index contributed by atoms with van der Waals surface area (Å²) in [5.41, 5.74) is 0.0585. The van der Waals surface area contributed by atoms with Gasteiger partial charge in [0, 0.05) is 25.6 Å². The molecule has 1 amide bonds. The molecule has 3 unspecified atom stereocenters. The second-order valence-corrected chi connectivity index (χ2v) is 5.56. The largest absolute Gasteiger partial charge is 0.407 e. The Labute approximate surface area is 132 Å². The van der Waals surface area contributed by atoms with Crippen LogP contribution in [0.15, 0.2) is 30.3 Å². The number of amides is 1. The zero-order valence-corrected chi connectivity index (χ0v) is 12.4. The van der Waals surface area contributed by atoms with E-state index in [2.05, 4.69) is 16.0 Å². The fourth-order valence-corrected chi connectivity index (χ4v) is 2.50. The van der Waals surface area contributed by atoms with Crippen LogP contribution in [-0.4, -0.2) is 49.5 Å². The van der Waals surface area contributed by atoms with E-state index in [1.54, 1.807) is 6.07 Å². The van der Waals surface area contributed by atoms with Gasteiger partial charge in [-0.25, -0.2) is 0 Å². The van der Waals surface area contributed by atoms with Gasteiger partial charge in [-0.1, -0.05) is 30.3 Å². The summed E-state index contributed by atoms with van der Waals surface area (Å²) in [5.74, 6) is -0.652. The first-order chi connectivity index (χ1) is 10.9. The van der Waals surface area contributed by atoms with Gasteiger partial charge in [0.25, 0.3) is 0 Å². The lowest BCUT2D eigenvalue weighted by molar-refractivity contribution is -0.158. The fourth-order valence-electron chi connectivity index (χ4n) is 2.50. The minimum absolute atomic E-state index is 0.0585. The lowest BCUT2D eigenvalue weighted by Gasteiger charge is -2.22. The highest BCUT2D eigenvalue weighted by Crippen LogP contribution is 2.32. The topological polar surface area (TPSA) is 73.4 Å². The lowest BCUT2D eigenvalue weighted by Crippen LogP contribution is -2.43. The first kappa shape index (κ1) is 17.7. The van der Waals surface area contributed by atoms with E-state index in [0.29, 0.717) is 13.1 Å². The minimum Gasteiger partial charge on any atom is -0.391 e. The van der Waals surface area contributed by atoms with E-state index in [4.69, 9.17) is 0 Å². The number of rotatable bonds is 6. The van der Waals surface area contributed by atoms with Crippen molar-refractivity contribution in [1.29, 1.82) is 0 Å². The first-order valence-corrected chi connectivity index (χ1v) is 7.38. The number of alkyl halides is 3. The molecule has 0 spiro atoms. The molecule has 0 aromatic heterocycles. The van der Waals surface area contributed by atoms with Gasteiger partial charge in [-0.15, -0.1) is 0 Å². The van der Waals surface area contributed by atoms with Gasteiger partial charge in [-0.2, -0.15) is 13.2 Å². The molecule has 8 heteroatoms. The molecule has 1 fully saturated rings. The van der Waals surface area contributed by atoms with Crippen molar-refractivity contribution in [2.75, 3.05) is 26.2 Å².